The molecule has 32 heavy (non-hydrogen) atoms. The van der Waals surface area contributed by atoms with Crippen molar-refractivity contribution in [2.45, 2.75) is 53.4 Å². The summed E-state index contributed by atoms with van der Waals surface area (Å²) in [4.78, 5) is 24.2. The predicted molar refractivity (Wildman–Crippen MR) is 129 cm³/mol. The fourth-order valence-electron chi connectivity index (χ4n) is 2.81. The van der Waals surface area contributed by atoms with Crippen LogP contribution in [0, 0.1) is 11.8 Å². The number of rotatable bonds is 13. The topological polar surface area (TPSA) is 76.7 Å². The summed E-state index contributed by atoms with van der Waals surface area (Å²) in [5.74, 6) is 2.40. The van der Waals surface area contributed by atoms with Crippen molar-refractivity contribution in [2.75, 3.05) is 23.8 Å². The summed E-state index contributed by atoms with van der Waals surface area (Å²) in [6.45, 7) is 9.72. The quantitative estimate of drug-likeness (QED) is 0.381. The zero-order valence-corrected chi connectivity index (χ0v) is 19.6. The van der Waals surface area contributed by atoms with Gasteiger partial charge in [0.15, 0.2) is 0 Å². The number of ether oxygens (including phenoxy) is 2. The Bertz CT molecular complexity index is 758. The van der Waals surface area contributed by atoms with Gasteiger partial charge in [-0.2, -0.15) is 0 Å². The van der Waals surface area contributed by atoms with Gasteiger partial charge in [-0.25, -0.2) is 0 Å². The lowest BCUT2D eigenvalue weighted by atomic mass is 10.1. The number of carbonyl (C=O) groups is 2. The molecule has 2 N–H and O–H groups in total. The molecule has 0 spiro atoms. The normalized spacial score (nSPS) is 10.8. The van der Waals surface area contributed by atoms with Gasteiger partial charge in [0, 0.05) is 24.2 Å². The summed E-state index contributed by atoms with van der Waals surface area (Å²) in [5, 5.41) is 5.76. The molecule has 0 atom stereocenters. The van der Waals surface area contributed by atoms with Crippen LogP contribution in [0.5, 0.6) is 11.5 Å². The molecule has 0 heterocycles. The van der Waals surface area contributed by atoms with Crippen LogP contribution < -0.4 is 20.1 Å². The van der Waals surface area contributed by atoms with Crippen LogP contribution in [-0.2, 0) is 9.59 Å². The van der Waals surface area contributed by atoms with Gasteiger partial charge >= 0.3 is 0 Å². The molecular formula is C26H36N2O4. The molecule has 0 saturated heterocycles. The monoisotopic (exact) mass is 440 g/mol. The average molecular weight is 441 g/mol. The molecular weight excluding hydrogens is 404 g/mol. The van der Waals surface area contributed by atoms with E-state index in [0.29, 0.717) is 50.7 Å². The van der Waals surface area contributed by atoms with E-state index >= 15 is 0 Å². The van der Waals surface area contributed by atoms with E-state index in [1.165, 1.54) is 0 Å². The van der Waals surface area contributed by atoms with Gasteiger partial charge < -0.3 is 20.1 Å². The number of anilines is 2. The minimum atomic E-state index is -0.0572. The Labute approximate surface area is 191 Å². The molecule has 0 aromatic heterocycles. The third-order valence-electron chi connectivity index (χ3n) is 4.50. The molecule has 0 unspecified atom stereocenters. The molecule has 2 aromatic carbocycles. The molecule has 0 aliphatic rings. The van der Waals surface area contributed by atoms with Crippen molar-refractivity contribution in [3.05, 3.63) is 48.5 Å². The molecule has 0 fully saturated rings. The highest BCUT2D eigenvalue weighted by atomic mass is 16.5. The second kappa shape index (κ2) is 13.4. The highest BCUT2D eigenvalue weighted by Crippen LogP contribution is 2.18. The van der Waals surface area contributed by atoms with E-state index in [4.69, 9.17) is 9.47 Å². The molecule has 6 nitrogen and oxygen atoms in total. The van der Waals surface area contributed by atoms with Crippen molar-refractivity contribution in [2.24, 2.45) is 11.8 Å². The van der Waals surface area contributed by atoms with Crippen molar-refractivity contribution >= 4 is 23.2 Å². The van der Waals surface area contributed by atoms with Gasteiger partial charge in [0.2, 0.25) is 11.8 Å². The average Bonchev–Trinajstić information content (AvgIpc) is 2.75. The first kappa shape index (κ1) is 25.2. The Kier molecular flexibility index (Phi) is 10.6. The number of hydrogen-bond acceptors (Lipinski definition) is 4. The van der Waals surface area contributed by atoms with Gasteiger partial charge in [-0.05, 0) is 73.2 Å². The minimum absolute atomic E-state index is 0.0572. The lowest BCUT2D eigenvalue weighted by Crippen LogP contribution is -2.13. The van der Waals surface area contributed by atoms with Crippen LogP contribution in [0.2, 0.25) is 0 Å². The van der Waals surface area contributed by atoms with E-state index < -0.39 is 0 Å². The Balaban J connectivity index is 1.62. The van der Waals surface area contributed by atoms with E-state index in [1.807, 2.05) is 48.5 Å². The van der Waals surface area contributed by atoms with Crippen LogP contribution in [0.4, 0.5) is 11.4 Å². The molecule has 2 rings (SSSR count). The van der Waals surface area contributed by atoms with Gasteiger partial charge in [-0.3, -0.25) is 9.59 Å². The van der Waals surface area contributed by atoms with Crippen LogP contribution in [0.25, 0.3) is 0 Å². The minimum Gasteiger partial charge on any atom is -0.493 e. The maximum atomic E-state index is 12.1. The molecule has 174 valence electrons. The molecule has 0 bridgehead atoms. The smallest absolute Gasteiger partial charge is 0.224 e. The van der Waals surface area contributed by atoms with Crippen molar-refractivity contribution in [1.29, 1.82) is 0 Å². The highest BCUT2D eigenvalue weighted by Gasteiger charge is 2.06. The fourth-order valence-corrected chi connectivity index (χ4v) is 2.81. The maximum Gasteiger partial charge on any atom is 0.224 e. The molecule has 2 aromatic rings. The summed E-state index contributed by atoms with van der Waals surface area (Å²) in [6.07, 6.45) is 2.05. The van der Waals surface area contributed by atoms with E-state index in [0.717, 1.165) is 22.9 Å². The first-order valence-electron chi connectivity index (χ1n) is 11.4. The van der Waals surface area contributed by atoms with E-state index in [2.05, 4.69) is 38.3 Å². The summed E-state index contributed by atoms with van der Waals surface area (Å²) < 4.78 is 11.3. The molecule has 2 amide bonds. The van der Waals surface area contributed by atoms with Gasteiger partial charge in [0.25, 0.3) is 0 Å². The highest BCUT2D eigenvalue weighted by molar-refractivity contribution is 5.91. The fraction of sp³-hybridized carbons (Fsp3) is 0.462. The number of hydrogen-bond donors (Lipinski definition) is 2. The summed E-state index contributed by atoms with van der Waals surface area (Å²) in [6, 6.07) is 14.7. The number of unbranched alkanes of at least 4 members (excludes halogenated alkanes) is 1. The van der Waals surface area contributed by atoms with Crippen LogP contribution >= 0.6 is 0 Å². The van der Waals surface area contributed by atoms with Gasteiger partial charge in [-0.15, -0.1) is 0 Å². The van der Waals surface area contributed by atoms with Gasteiger partial charge in [-0.1, -0.05) is 27.7 Å². The standard InChI is InChI=1S/C26H36N2O4/c1-19(2)17-31-23-13-9-21(10-14-23)27-25(29)7-5-6-8-26(30)28-22-11-15-24(16-12-22)32-18-20(3)4/h9-16,19-20H,5-8,17-18H2,1-4H3,(H,27,29)(H,28,30). The second-order valence-corrected chi connectivity index (χ2v) is 8.76. The second-order valence-electron chi connectivity index (χ2n) is 8.76. The molecule has 0 saturated carbocycles. The number of amides is 2. The number of nitrogens with one attached hydrogen (secondary N) is 2. The zero-order valence-electron chi connectivity index (χ0n) is 19.6. The maximum absolute atomic E-state index is 12.1. The van der Waals surface area contributed by atoms with Crippen molar-refractivity contribution in [1.82, 2.24) is 0 Å². The van der Waals surface area contributed by atoms with Gasteiger partial charge in [0.05, 0.1) is 13.2 Å². The number of carbonyl (C=O) groups excluding carboxylic acids is 2. The zero-order chi connectivity index (χ0) is 23.3. The largest absolute Gasteiger partial charge is 0.493 e. The SMILES string of the molecule is CC(C)COc1ccc(NC(=O)CCCCC(=O)Nc2ccc(OCC(C)C)cc2)cc1. The van der Waals surface area contributed by atoms with Crippen LogP contribution in [-0.4, -0.2) is 25.0 Å². The van der Waals surface area contributed by atoms with Crippen LogP contribution in [0.1, 0.15) is 53.4 Å². The lowest BCUT2D eigenvalue weighted by Gasteiger charge is -2.10. The number of benzene rings is 2. The van der Waals surface area contributed by atoms with Crippen LogP contribution in [0.3, 0.4) is 0 Å². The molecule has 0 radical (unpaired) electrons. The predicted octanol–water partition coefficient (Wildman–Crippen LogP) is 5.89. The molecule has 0 aliphatic carbocycles. The molecule has 6 heteroatoms. The Morgan fingerprint density at radius 1 is 0.656 bits per heavy atom. The van der Waals surface area contributed by atoms with E-state index in [1.54, 1.807) is 0 Å². The van der Waals surface area contributed by atoms with E-state index in [9.17, 15) is 9.59 Å². The first-order valence-corrected chi connectivity index (χ1v) is 11.4. The van der Waals surface area contributed by atoms with Crippen molar-refractivity contribution < 1.29 is 19.1 Å². The van der Waals surface area contributed by atoms with Crippen molar-refractivity contribution in [3.63, 3.8) is 0 Å². The Hall–Kier alpha value is -3.02. The third-order valence-corrected chi connectivity index (χ3v) is 4.50. The van der Waals surface area contributed by atoms with Gasteiger partial charge in [0.1, 0.15) is 11.5 Å². The Morgan fingerprint density at radius 2 is 1.00 bits per heavy atom. The third kappa shape index (κ3) is 10.3. The summed E-state index contributed by atoms with van der Waals surface area (Å²) >= 11 is 0. The van der Waals surface area contributed by atoms with Crippen LogP contribution in [0.15, 0.2) is 48.5 Å². The summed E-state index contributed by atoms with van der Waals surface area (Å²) in [7, 11) is 0. The Morgan fingerprint density at radius 3 is 1.31 bits per heavy atom. The first-order chi connectivity index (χ1) is 15.3. The van der Waals surface area contributed by atoms with E-state index in [-0.39, 0.29) is 11.8 Å². The van der Waals surface area contributed by atoms with Crippen molar-refractivity contribution in [3.8, 4) is 11.5 Å². The molecule has 0 aliphatic heterocycles. The summed E-state index contributed by atoms with van der Waals surface area (Å²) in [5.41, 5.74) is 1.48. The lowest BCUT2D eigenvalue weighted by molar-refractivity contribution is -0.118.